The Balaban J connectivity index is 2.06. The van der Waals surface area contributed by atoms with Crippen LogP contribution in [0.1, 0.15) is 22.8 Å². The highest BCUT2D eigenvalue weighted by Crippen LogP contribution is 2.39. The maximum atomic E-state index is 13.1. The molecule has 1 aliphatic heterocycles. The van der Waals surface area contributed by atoms with Crippen LogP contribution in [0, 0.1) is 3.57 Å². The van der Waals surface area contributed by atoms with E-state index in [2.05, 4.69) is 10.3 Å². The van der Waals surface area contributed by atoms with Gasteiger partial charge in [-0.3, -0.25) is 9.78 Å². The largest absolute Gasteiger partial charge is 0.462 e. The Kier molecular flexibility index (Phi) is 4.72. The molecule has 0 spiro atoms. The first-order valence-corrected chi connectivity index (χ1v) is 8.30. The van der Waals surface area contributed by atoms with Crippen LogP contribution >= 0.6 is 22.6 Å². The number of hydrogen-bond acceptors (Lipinski definition) is 4. The van der Waals surface area contributed by atoms with Gasteiger partial charge in [-0.2, -0.15) is 13.2 Å². The fraction of sp³-hybridized carbons (Fsp3) is 0.176. The number of ether oxygens (including phenoxy) is 1. The zero-order chi connectivity index (χ0) is 18.2. The summed E-state index contributed by atoms with van der Waals surface area (Å²) in [7, 11) is 1.55. The number of rotatable bonds is 3. The summed E-state index contributed by atoms with van der Waals surface area (Å²) in [5.74, 6) is -0.263. The number of ketones is 1. The number of halogens is 4. The molecule has 1 atom stereocenters. The highest BCUT2D eigenvalue weighted by Gasteiger charge is 2.38. The second-order valence-corrected chi connectivity index (χ2v) is 6.57. The molecule has 25 heavy (non-hydrogen) atoms. The third-order valence-corrected chi connectivity index (χ3v) is 4.30. The zero-order valence-corrected chi connectivity index (χ0v) is 15.1. The van der Waals surface area contributed by atoms with Gasteiger partial charge < -0.3 is 10.1 Å². The molecule has 1 aromatic heterocycles. The van der Waals surface area contributed by atoms with Crippen molar-refractivity contribution in [1.29, 1.82) is 0 Å². The lowest BCUT2D eigenvalue weighted by Gasteiger charge is -2.10. The molecule has 1 aliphatic rings. The number of nitrogens with one attached hydrogen (secondary N) is 1. The molecule has 130 valence electrons. The maximum Gasteiger partial charge on any atom is 0.416 e. The lowest BCUT2D eigenvalue weighted by atomic mass is 9.96. The van der Waals surface area contributed by atoms with Gasteiger partial charge in [-0.1, -0.05) is 6.07 Å². The second-order valence-electron chi connectivity index (χ2n) is 5.33. The van der Waals surface area contributed by atoms with E-state index >= 15 is 0 Å². The van der Waals surface area contributed by atoms with E-state index in [0.29, 0.717) is 9.13 Å². The second kappa shape index (κ2) is 6.66. The van der Waals surface area contributed by atoms with Crippen molar-refractivity contribution < 1.29 is 22.7 Å². The van der Waals surface area contributed by atoms with Gasteiger partial charge in [0.1, 0.15) is 0 Å². The lowest BCUT2D eigenvalue weighted by Crippen LogP contribution is -2.11. The summed E-state index contributed by atoms with van der Waals surface area (Å²) in [5, 5.41) is 2.75. The van der Waals surface area contributed by atoms with E-state index in [-0.39, 0.29) is 17.0 Å². The van der Waals surface area contributed by atoms with E-state index in [1.54, 1.807) is 48.0 Å². The number of Topliss-reactive ketones (excluding diaryl/α,β-unsaturated/α-hetero) is 1. The molecule has 0 saturated carbocycles. The van der Waals surface area contributed by atoms with Crippen molar-refractivity contribution in [3.63, 3.8) is 0 Å². The number of hydrogen-bond donors (Lipinski definition) is 1. The first-order chi connectivity index (χ1) is 11.8. The van der Waals surface area contributed by atoms with E-state index in [1.807, 2.05) is 0 Å². The van der Waals surface area contributed by atoms with Gasteiger partial charge in [-0.05, 0) is 52.4 Å². The lowest BCUT2D eigenvalue weighted by molar-refractivity contribution is -0.137. The first-order valence-electron chi connectivity index (χ1n) is 7.22. The average Bonchev–Trinajstić information content (AvgIpc) is 2.91. The Morgan fingerprint density at radius 2 is 2.04 bits per heavy atom. The van der Waals surface area contributed by atoms with Crippen molar-refractivity contribution in [3.05, 3.63) is 68.9 Å². The normalized spacial score (nSPS) is 17.6. The molecule has 0 saturated heterocycles. The molecule has 4 nitrogen and oxygen atoms in total. The van der Waals surface area contributed by atoms with E-state index in [0.717, 1.165) is 12.1 Å². The average molecular weight is 460 g/mol. The topological polar surface area (TPSA) is 51.2 Å². The smallest absolute Gasteiger partial charge is 0.416 e. The minimum absolute atomic E-state index is 0.0976. The van der Waals surface area contributed by atoms with Gasteiger partial charge in [0.2, 0.25) is 5.78 Å². The molecule has 0 radical (unpaired) electrons. The predicted molar refractivity (Wildman–Crippen MR) is 93.2 cm³/mol. The van der Waals surface area contributed by atoms with Crippen LogP contribution in [0.2, 0.25) is 0 Å². The molecular weight excluding hydrogens is 448 g/mol. The Hall–Kier alpha value is -2.10. The van der Waals surface area contributed by atoms with Crippen LogP contribution in [0.5, 0.6) is 0 Å². The van der Waals surface area contributed by atoms with Gasteiger partial charge in [0.05, 0.1) is 11.1 Å². The van der Waals surface area contributed by atoms with Crippen molar-refractivity contribution >= 4 is 33.9 Å². The molecule has 0 aliphatic carbocycles. The van der Waals surface area contributed by atoms with E-state index in [9.17, 15) is 18.0 Å². The SMILES string of the molecule is CNC1=C(c2cc(I)cc(C(F)(F)F)c2)C(=O)C(c2cccnc2)O1. The molecule has 0 amide bonds. The van der Waals surface area contributed by atoms with Gasteiger partial charge in [0.15, 0.2) is 12.0 Å². The van der Waals surface area contributed by atoms with Gasteiger partial charge in [-0.15, -0.1) is 0 Å². The highest BCUT2D eigenvalue weighted by molar-refractivity contribution is 14.1. The minimum atomic E-state index is -4.50. The van der Waals surface area contributed by atoms with Crippen molar-refractivity contribution in [1.82, 2.24) is 10.3 Å². The summed E-state index contributed by atoms with van der Waals surface area (Å²) in [6.07, 6.45) is -2.37. The van der Waals surface area contributed by atoms with Gasteiger partial charge >= 0.3 is 6.18 Å². The van der Waals surface area contributed by atoms with E-state index < -0.39 is 23.6 Å². The molecule has 2 heterocycles. The predicted octanol–water partition coefficient (Wildman–Crippen LogP) is 3.93. The van der Waals surface area contributed by atoms with Crippen molar-refractivity contribution in [3.8, 4) is 0 Å². The van der Waals surface area contributed by atoms with Gasteiger partial charge in [0.25, 0.3) is 0 Å². The Labute approximate surface area is 155 Å². The maximum absolute atomic E-state index is 13.1. The van der Waals surface area contributed by atoms with Crippen LogP contribution in [0.15, 0.2) is 48.6 Å². The fourth-order valence-corrected chi connectivity index (χ4v) is 3.25. The fourth-order valence-electron chi connectivity index (χ4n) is 2.58. The van der Waals surface area contributed by atoms with Crippen LogP contribution in [-0.4, -0.2) is 17.8 Å². The number of nitrogens with zero attached hydrogens (tertiary/aromatic N) is 1. The quantitative estimate of drug-likeness (QED) is 0.706. The van der Waals surface area contributed by atoms with Crippen LogP contribution in [0.3, 0.4) is 0 Å². The number of alkyl halides is 3. The number of carbonyl (C=O) groups excluding carboxylic acids is 1. The zero-order valence-electron chi connectivity index (χ0n) is 12.9. The summed E-state index contributed by atoms with van der Waals surface area (Å²) in [4.78, 5) is 16.8. The van der Waals surface area contributed by atoms with Crippen LogP contribution < -0.4 is 5.32 Å². The molecule has 2 aromatic rings. The minimum Gasteiger partial charge on any atom is -0.462 e. The summed E-state index contributed by atoms with van der Waals surface area (Å²) in [6.45, 7) is 0. The van der Waals surface area contributed by atoms with Crippen LogP contribution in [-0.2, 0) is 15.7 Å². The van der Waals surface area contributed by atoms with Gasteiger partial charge in [-0.25, -0.2) is 0 Å². The number of carbonyl (C=O) groups is 1. The molecule has 1 unspecified atom stereocenters. The monoisotopic (exact) mass is 460 g/mol. The molecule has 3 rings (SSSR count). The molecular formula is C17H12F3IN2O2. The number of benzene rings is 1. The third-order valence-electron chi connectivity index (χ3n) is 3.68. The van der Waals surface area contributed by atoms with Crippen LogP contribution in [0.4, 0.5) is 13.2 Å². The Morgan fingerprint density at radius 3 is 2.64 bits per heavy atom. The van der Waals surface area contributed by atoms with E-state index in [4.69, 9.17) is 4.74 Å². The number of aromatic nitrogens is 1. The third kappa shape index (κ3) is 3.48. The molecule has 1 aromatic carbocycles. The molecule has 1 N–H and O–H groups in total. The van der Waals surface area contributed by atoms with Crippen LogP contribution in [0.25, 0.3) is 5.57 Å². The van der Waals surface area contributed by atoms with Crippen molar-refractivity contribution in [2.45, 2.75) is 12.3 Å². The molecule has 8 heteroatoms. The summed E-state index contributed by atoms with van der Waals surface area (Å²) >= 11 is 1.80. The Morgan fingerprint density at radius 1 is 1.28 bits per heavy atom. The summed E-state index contributed by atoms with van der Waals surface area (Å²) < 4.78 is 45.3. The standard InChI is InChI=1S/C17H12F3IN2O2/c1-22-16-13(10-5-11(17(18,19)20)7-12(21)6-10)14(24)15(25-16)9-3-2-4-23-8-9/h2-8,15,22H,1H3. The van der Waals surface area contributed by atoms with Crippen molar-refractivity contribution in [2.75, 3.05) is 7.05 Å². The molecule has 0 bridgehead atoms. The summed E-state index contributed by atoms with van der Waals surface area (Å²) in [5.41, 5.74) is -0.00719. The molecule has 0 fully saturated rings. The first kappa shape index (κ1) is 17.7. The Bertz CT molecular complexity index is 851. The summed E-state index contributed by atoms with van der Waals surface area (Å²) in [6, 6.07) is 6.86. The number of pyridine rings is 1. The van der Waals surface area contributed by atoms with Crippen molar-refractivity contribution in [2.24, 2.45) is 0 Å². The highest BCUT2D eigenvalue weighted by atomic mass is 127. The van der Waals surface area contributed by atoms with E-state index in [1.165, 1.54) is 12.3 Å². The van der Waals surface area contributed by atoms with Gasteiger partial charge in [0, 0.05) is 28.6 Å².